The van der Waals surface area contributed by atoms with Crippen molar-refractivity contribution in [2.45, 2.75) is 56.9 Å². The zero-order chi connectivity index (χ0) is 20.0. The van der Waals surface area contributed by atoms with Gasteiger partial charge in [0.1, 0.15) is 10.9 Å². The first kappa shape index (κ1) is 21.3. The number of nitrogens with zero attached hydrogens (tertiary/aromatic N) is 1. The molecule has 1 aromatic heterocycles. The van der Waals surface area contributed by atoms with Crippen molar-refractivity contribution in [1.29, 1.82) is 0 Å². The lowest BCUT2D eigenvalue weighted by Gasteiger charge is -2.24. The molecule has 9 nitrogen and oxygen atoms in total. The van der Waals surface area contributed by atoms with Gasteiger partial charge in [-0.15, -0.1) is 0 Å². The Bertz CT molecular complexity index is 753. The van der Waals surface area contributed by atoms with E-state index >= 15 is 0 Å². The number of hydrogen-bond acceptors (Lipinski definition) is 7. The molecule has 2 N–H and O–H groups in total. The second-order valence-electron chi connectivity index (χ2n) is 6.74. The molecule has 0 bridgehead atoms. The number of carbonyl (C=O) groups is 2. The highest BCUT2D eigenvalue weighted by molar-refractivity contribution is 7.89. The Morgan fingerprint density at radius 2 is 2.15 bits per heavy atom. The Morgan fingerprint density at radius 3 is 2.74 bits per heavy atom. The number of rotatable bonds is 8. The molecular weight excluding hydrogens is 374 g/mol. The minimum atomic E-state index is -3.91. The Kier molecular flexibility index (Phi) is 7.28. The summed E-state index contributed by atoms with van der Waals surface area (Å²) in [6, 6.07) is 1.40. The van der Waals surface area contributed by atoms with Crippen molar-refractivity contribution >= 4 is 21.9 Å². The number of aromatic nitrogens is 1. The maximum absolute atomic E-state index is 12.7. The molecule has 0 aliphatic carbocycles. The summed E-state index contributed by atoms with van der Waals surface area (Å²) in [5, 5.41) is 2.73. The lowest BCUT2D eigenvalue weighted by atomic mass is 10.0. The van der Waals surface area contributed by atoms with Crippen LogP contribution in [0.1, 0.15) is 33.6 Å². The van der Waals surface area contributed by atoms with Gasteiger partial charge in [-0.2, -0.15) is 4.72 Å². The van der Waals surface area contributed by atoms with Crippen LogP contribution in [0, 0.1) is 5.92 Å². The second kappa shape index (κ2) is 9.25. The van der Waals surface area contributed by atoms with E-state index in [4.69, 9.17) is 9.47 Å². The molecule has 1 unspecified atom stereocenters. The number of hydrogen-bond donors (Lipinski definition) is 2. The molecule has 0 radical (unpaired) electrons. The van der Waals surface area contributed by atoms with E-state index in [9.17, 15) is 18.0 Å². The van der Waals surface area contributed by atoms with Gasteiger partial charge < -0.3 is 14.8 Å². The van der Waals surface area contributed by atoms with E-state index in [1.165, 1.54) is 31.5 Å². The lowest BCUT2D eigenvalue weighted by molar-refractivity contribution is -0.170. The van der Waals surface area contributed by atoms with Gasteiger partial charge in [-0.25, -0.2) is 8.42 Å². The molecule has 0 aromatic carbocycles. The summed E-state index contributed by atoms with van der Waals surface area (Å²) in [7, 11) is -3.91. The molecule has 2 heterocycles. The molecule has 1 fully saturated rings. The van der Waals surface area contributed by atoms with E-state index in [1.807, 2.05) is 13.8 Å². The van der Waals surface area contributed by atoms with Crippen LogP contribution in [-0.2, 0) is 29.1 Å². The Morgan fingerprint density at radius 1 is 1.41 bits per heavy atom. The molecule has 0 spiro atoms. The average molecular weight is 399 g/mol. The summed E-state index contributed by atoms with van der Waals surface area (Å²) in [5.41, 5.74) is 0. The van der Waals surface area contributed by atoms with Crippen LogP contribution in [0.5, 0.6) is 0 Å². The molecule has 2 rings (SSSR count). The van der Waals surface area contributed by atoms with Crippen LogP contribution in [-0.4, -0.2) is 50.3 Å². The Hall–Kier alpha value is -2.04. The maximum Gasteiger partial charge on any atom is 0.305 e. The van der Waals surface area contributed by atoms with E-state index in [1.54, 1.807) is 0 Å². The summed E-state index contributed by atoms with van der Waals surface area (Å²) in [6.07, 6.45) is 2.58. The summed E-state index contributed by atoms with van der Waals surface area (Å²) in [4.78, 5) is 27.6. The molecule has 1 aromatic rings. The minimum Gasteiger partial charge on any atom is -0.434 e. The lowest BCUT2D eigenvalue weighted by Crippen LogP contribution is -2.52. The van der Waals surface area contributed by atoms with Gasteiger partial charge >= 0.3 is 5.97 Å². The molecule has 150 valence electrons. The topological polar surface area (TPSA) is 124 Å². The first-order chi connectivity index (χ1) is 12.7. The first-order valence-corrected chi connectivity index (χ1v) is 10.2. The van der Waals surface area contributed by atoms with Crippen molar-refractivity contribution in [1.82, 2.24) is 15.0 Å². The largest absolute Gasteiger partial charge is 0.434 e. The van der Waals surface area contributed by atoms with E-state index in [-0.39, 0.29) is 10.8 Å². The van der Waals surface area contributed by atoms with E-state index in [0.717, 1.165) is 0 Å². The zero-order valence-corrected chi connectivity index (χ0v) is 16.4. The van der Waals surface area contributed by atoms with Crippen LogP contribution in [0.15, 0.2) is 29.4 Å². The highest BCUT2D eigenvalue weighted by atomic mass is 32.2. The van der Waals surface area contributed by atoms with Crippen LogP contribution in [0.4, 0.5) is 0 Å². The van der Waals surface area contributed by atoms with Crippen LogP contribution >= 0.6 is 0 Å². The van der Waals surface area contributed by atoms with Crippen LogP contribution in [0.25, 0.3) is 0 Å². The molecule has 27 heavy (non-hydrogen) atoms. The van der Waals surface area contributed by atoms with Gasteiger partial charge in [0, 0.05) is 19.3 Å². The van der Waals surface area contributed by atoms with Gasteiger partial charge in [-0.05, 0) is 30.9 Å². The van der Waals surface area contributed by atoms with Crippen molar-refractivity contribution in [3.05, 3.63) is 24.5 Å². The van der Waals surface area contributed by atoms with Crippen molar-refractivity contribution in [2.24, 2.45) is 5.92 Å². The van der Waals surface area contributed by atoms with Crippen molar-refractivity contribution in [3.63, 3.8) is 0 Å². The van der Waals surface area contributed by atoms with Gasteiger partial charge in [0.05, 0.1) is 12.6 Å². The minimum absolute atomic E-state index is 0.0199. The van der Waals surface area contributed by atoms with Crippen molar-refractivity contribution in [3.8, 4) is 0 Å². The van der Waals surface area contributed by atoms with Crippen LogP contribution in [0.3, 0.4) is 0 Å². The van der Waals surface area contributed by atoms with Gasteiger partial charge in [0.2, 0.25) is 22.2 Å². The standard InChI is InChI=1S/C17H25N3O6S/c1-11(2)9-15(20-27(23,24)13-5-4-7-18-10-13)16(22)19-14-6-8-25-17(14)26-12(3)21/h4-5,7,10-11,14-15,17,20H,6,8-9H2,1-3H3,(H,19,22)/t14-,15?,17-/m0/s1. The predicted octanol–water partition coefficient (Wildman–Crippen LogP) is 0.569. The highest BCUT2D eigenvalue weighted by Crippen LogP contribution is 2.17. The fraction of sp³-hybridized carbons (Fsp3) is 0.588. The molecule has 1 saturated heterocycles. The van der Waals surface area contributed by atoms with Gasteiger partial charge in [-0.1, -0.05) is 13.8 Å². The first-order valence-electron chi connectivity index (χ1n) is 8.70. The summed E-state index contributed by atoms with van der Waals surface area (Å²) >= 11 is 0. The third kappa shape index (κ3) is 6.26. The SMILES string of the molecule is CC(=O)O[C@@H]1OCC[C@@H]1NC(=O)C(CC(C)C)NS(=O)(=O)c1cccnc1. The normalized spacial score (nSPS) is 21.0. The Labute approximate surface area is 158 Å². The molecule has 0 saturated carbocycles. The number of esters is 1. The maximum atomic E-state index is 12.7. The number of sulfonamides is 1. The van der Waals surface area contributed by atoms with Gasteiger partial charge in [-0.3, -0.25) is 14.6 Å². The number of nitrogens with one attached hydrogen (secondary N) is 2. The summed E-state index contributed by atoms with van der Waals surface area (Å²) in [5.74, 6) is -0.942. The number of amides is 1. The average Bonchev–Trinajstić information content (AvgIpc) is 3.00. The summed E-state index contributed by atoms with van der Waals surface area (Å²) in [6.45, 7) is 5.36. The zero-order valence-electron chi connectivity index (χ0n) is 15.5. The van der Waals surface area contributed by atoms with Gasteiger partial charge in [0.15, 0.2) is 0 Å². The monoisotopic (exact) mass is 399 g/mol. The number of pyridine rings is 1. The molecule has 3 atom stereocenters. The molecule has 1 aliphatic rings. The van der Waals surface area contributed by atoms with Crippen molar-refractivity contribution in [2.75, 3.05) is 6.61 Å². The quantitative estimate of drug-likeness (QED) is 0.613. The number of ether oxygens (including phenoxy) is 2. The fourth-order valence-electron chi connectivity index (χ4n) is 2.71. The van der Waals surface area contributed by atoms with E-state index in [0.29, 0.717) is 19.4 Å². The molecule has 1 aliphatic heterocycles. The molecular formula is C17H25N3O6S. The Balaban J connectivity index is 2.11. The molecule has 10 heteroatoms. The highest BCUT2D eigenvalue weighted by Gasteiger charge is 2.35. The second-order valence-corrected chi connectivity index (χ2v) is 8.46. The summed E-state index contributed by atoms with van der Waals surface area (Å²) < 4.78 is 37.9. The number of carbonyl (C=O) groups excluding carboxylic acids is 2. The third-order valence-corrected chi connectivity index (χ3v) is 5.37. The predicted molar refractivity (Wildman–Crippen MR) is 95.9 cm³/mol. The van der Waals surface area contributed by atoms with Crippen LogP contribution in [0.2, 0.25) is 0 Å². The van der Waals surface area contributed by atoms with Crippen molar-refractivity contribution < 1.29 is 27.5 Å². The fourth-order valence-corrected chi connectivity index (χ4v) is 3.88. The van der Waals surface area contributed by atoms with E-state index in [2.05, 4.69) is 15.0 Å². The smallest absolute Gasteiger partial charge is 0.305 e. The van der Waals surface area contributed by atoms with Crippen LogP contribution < -0.4 is 10.0 Å². The van der Waals surface area contributed by atoms with Gasteiger partial charge in [0.25, 0.3) is 0 Å². The van der Waals surface area contributed by atoms with E-state index < -0.39 is 40.3 Å². The third-order valence-electron chi connectivity index (χ3n) is 3.91. The molecule has 1 amide bonds.